The van der Waals surface area contributed by atoms with E-state index in [1.807, 2.05) is 0 Å². The van der Waals surface area contributed by atoms with Crippen LogP contribution in [0.25, 0.3) is 0 Å². The lowest BCUT2D eigenvalue weighted by Crippen LogP contribution is -2.13. The highest BCUT2D eigenvalue weighted by Crippen LogP contribution is 2.40. The Kier molecular flexibility index (Phi) is 2.28. The van der Waals surface area contributed by atoms with E-state index in [1.165, 1.54) is 0 Å². The number of alkyl halides is 3. The zero-order valence-electron chi connectivity index (χ0n) is 8.10. The number of nitrogens with zero attached hydrogens (tertiary/aromatic N) is 2. The van der Waals surface area contributed by atoms with E-state index in [-0.39, 0.29) is 11.7 Å². The third-order valence-corrected chi connectivity index (χ3v) is 2.25. The maximum Gasteiger partial charge on any atom is 0.451 e. The number of anilines is 1. The molecule has 6 heteroatoms. The fourth-order valence-electron chi connectivity index (χ4n) is 1.31. The summed E-state index contributed by atoms with van der Waals surface area (Å²) >= 11 is 0. The van der Waals surface area contributed by atoms with Gasteiger partial charge in [-0.25, -0.2) is 9.97 Å². The highest BCUT2D eigenvalue weighted by molar-refractivity contribution is 5.37. The fourth-order valence-corrected chi connectivity index (χ4v) is 1.31. The number of halogens is 3. The molecule has 3 nitrogen and oxygen atoms in total. The molecule has 1 saturated carbocycles. The molecule has 1 aliphatic carbocycles. The van der Waals surface area contributed by atoms with Gasteiger partial charge in [-0.2, -0.15) is 13.2 Å². The van der Waals surface area contributed by atoms with Crippen molar-refractivity contribution in [2.24, 2.45) is 0 Å². The van der Waals surface area contributed by atoms with Gasteiger partial charge in [-0.15, -0.1) is 0 Å². The molecule has 1 N–H and O–H groups in total. The molecule has 0 atom stereocenters. The van der Waals surface area contributed by atoms with Gasteiger partial charge >= 0.3 is 6.18 Å². The highest BCUT2D eigenvalue weighted by Gasteiger charge is 2.37. The van der Waals surface area contributed by atoms with Crippen molar-refractivity contribution in [3.05, 3.63) is 17.6 Å². The molecular formula is C9H10F3N3. The zero-order valence-corrected chi connectivity index (χ0v) is 8.10. The average molecular weight is 217 g/mol. The predicted octanol–water partition coefficient (Wildman–Crippen LogP) is 2.41. The molecule has 2 rings (SSSR count). The SMILES string of the molecule is CNc1cc(C2CC2)nc(C(F)(F)F)n1. The summed E-state index contributed by atoms with van der Waals surface area (Å²) in [7, 11) is 1.54. The van der Waals surface area contributed by atoms with Crippen molar-refractivity contribution in [3.63, 3.8) is 0 Å². The lowest BCUT2D eigenvalue weighted by atomic mass is 10.2. The van der Waals surface area contributed by atoms with E-state index in [9.17, 15) is 13.2 Å². The number of rotatable bonds is 2. The third-order valence-electron chi connectivity index (χ3n) is 2.25. The molecule has 1 aliphatic rings. The first-order valence-corrected chi connectivity index (χ1v) is 4.64. The quantitative estimate of drug-likeness (QED) is 0.826. The van der Waals surface area contributed by atoms with Gasteiger partial charge in [0.25, 0.3) is 0 Å². The van der Waals surface area contributed by atoms with Crippen LogP contribution in [0, 0.1) is 0 Å². The number of hydrogen-bond acceptors (Lipinski definition) is 3. The minimum absolute atomic E-state index is 0.182. The molecular weight excluding hydrogens is 207 g/mol. The molecule has 1 fully saturated rings. The second-order valence-electron chi connectivity index (χ2n) is 3.52. The monoisotopic (exact) mass is 217 g/mol. The Morgan fingerprint density at radius 3 is 2.47 bits per heavy atom. The second kappa shape index (κ2) is 3.36. The van der Waals surface area contributed by atoms with Crippen LogP contribution in [0.3, 0.4) is 0 Å². The smallest absolute Gasteiger partial charge is 0.373 e. The molecule has 0 unspecified atom stereocenters. The number of nitrogens with one attached hydrogen (secondary N) is 1. The van der Waals surface area contributed by atoms with Crippen LogP contribution in [0.2, 0.25) is 0 Å². The Morgan fingerprint density at radius 1 is 1.33 bits per heavy atom. The van der Waals surface area contributed by atoms with Gasteiger partial charge in [-0.1, -0.05) is 0 Å². The van der Waals surface area contributed by atoms with Crippen LogP contribution in [-0.4, -0.2) is 17.0 Å². The highest BCUT2D eigenvalue weighted by atomic mass is 19.4. The summed E-state index contributed by atoms with van der Waals surface area (Å²) in [5.74, 6) is -0.656. The van der Waals surface area contributed by atoms with Gasteiger partial charge in [-0.3, -0.25) is 0 Å². The average Bonchev–Trinajstić information content (AvgIpc) is 2.99. The first-order chi connectivity index (χ1) is 7.00. The minimum atomic E-state index is -4.48. The largest absolute Gasteiger partial charge is 0.451 e. The molecule has 82 valence electrons. The van der Waals surface area contributed by atoms with Crippen molar-refractivity contribution < 1.29 is 13.2 Å². The van der Waals surface area contributed by atoms with Crippen LogP contribution in [0.4, 0.5) is 19.0 Å². The summed E-state index contributed by atoms with van der Waals surface area (Å²) in [6.07, 6.45) is -2.65. The van der Waals surface area contributed by atoms with E-state index in [1.54, 1.807) is 13.1 Å². The van der Waals surface area contributed by atoms with E-state index in [4.69, 9.17) is 0 Å². The summed E-state index contributed by atoms with van der Waals surface area (Å²) in [5, 5.41) is 2.61. The van der Waals surface area contributed by atoms with Gasteiger partial charge in [0.2, 0.25) is 5.82 Å². The van der Waals surface area contributed by atoms with Gasteiger partial charge in [0.1, 0.15) is 5.82 Å². The summed E-state index contributed by atoms with van der Waals surface area (Å²) < 4.78 is 37.2. The van der Waals surface area contributed by atoms with E-state index in [0.717, 1.165) is 12.8 Å². The van der Waals surface area contributed by atoms with Gasteiger partial charge in [0.05, 0.1) is 0 Å². The predicted molar refractivity (Wildman–Crippen MR) is 48.6 cm³/mol. The van der Waals surface area contributed by atoms with Crippen LogP contribution in [-0.2, 0) is 6.18 Å². The van der Waals surface area contributed by atoms with Crippen molar-refractivity contribution >= 4 is 5.82 Å². The topological polar surface area (TPSA) is 37.8 Å². The summed E-state index contributed by atoms with van der Waals surface area (Å²) in [5.41, 5.74) is 0.488. The fraction of sp³-hybridized carbons (Fsp3) is 0.556. The normalized spacial score (nSPS) is 16.5. The molecule has 1 aromatic rings. The minimum Gasteiger partial charge on any atom is -0.373 e. The zero-order chi connectivity index (χ0) is 11.1. The van der Waals surface area contributed by atoms with Crippen LogP contribution in [0.15, 0.2) is 6.07 Å². The summed E-state index contributed by atoms with van der Waals surface area (Å²) in [6.45, 7) is 0. The molecule has 1 heterocycles. The van der Waals surface area contributed by atoms with Crippen LogP contribution in [0.1, 0.15) is 30.3 Å². The van der Waals surface area contributed by atoms with Gasteiger partial charge in [0.15, 0.2) is 0 Å². The first kappa shape index (κ1) is 10.2. The van der Waals surface area contributed by atoms with E-state index in [2.05, 4.69) is 15.3 Å². The molecule has 0 saturated heterocycles. The molecule has 15 heavy (non-hydrogen) atoms. The van der Waals surface area contributed by atoms with E-state index in [0.29, 0.717) is 5.69 Å². The van der Waals surface area contributed by atoms with E-state index < -0.39 is 12.0 Å². The Morgan fingerprint density at radius 2 is 2.00 bits per heavy atom. The Hall–Kier alpha value is -1.33. The van der Waals surface area contributed by atoms with Gasteiger partial charge < -0.3 is 5.32 Å². The summed E-state index contributed by atoms with van der Waals surface area (Å²) in [4.78, 5) is 6.92. The molecule has 0 radical (unpaired) electrons. The third kappa shape index (κ3) is 2.19. The van der Waals surface area contributed by atoms with Crippen LogP contribution < -0.4 is 5.32 Å². The number of hydrogen-bond donors (Lipinski definition) is 1. The van der Waals surface area contributed by atoms with Crippen molar-refractivity contribution in [2.75, 3.05) is 12.4 Å². The van der Waals surface area contributed by atoms with Gasteiger partial charge in [-0.05, 0) is 12.8 Å². The molecule has 0 amide bonds. The Balaban J connectivity index is 2.41. The Bertz CT molecular complexity index is 371. The van der Waals surface area contributed by atoms with Crippen LogP contribution >= 0.6 is 0 Å². The molecule has 0 spiro atoms. The maximum atomic E-state index is 12.4. The lowest BCUT2D eigenvalue weighted by molar-refractivity contribution is -0.145. The van der Waals surface area contributed by atoms with Crippen molar-refractivity contribution in [2.45, 2.75) is 24.9 Å². The molecule has 0 aromatic carbocycles. The van der Waals surface area contributed by atoms with Crippen LogP contribution in [0.5, 0.6) is 0 Å². The van der Waals surface area contributed by atoms with Crippen molar-refractivity contribution in [1.82, 2.24) is 9.97 Å². The van der Waals surface area contributed by atoms with E-state index >= 15 is 0 Å². The first-order valence-electron chi connectivity index (χ1n) is 4.64. The summed E-state index contributed by atoms with van der Waals surface area (Å²) in [6, 6.07) is 1.58. The van der Waals surface area contributed by atoms with Crippen molar-refractivity contribution in [3.8, 4) is 0 Å². The lowest BCUT2D eigenvalue weighted by Gasteiger charge is -2.09. The standard InChI is InChI=1S/C9H10F3N3/c1-13-7-4-6(5-2-3-5)14-8(15-7)9(10,11)12/h4-5H,2-3H2,1H3,(H,13,14,15). The number of aromatic nitrogens is 2. The second-order valence-corrected chi connectivity index (χ2v) is 3.52. The molecule has 1 aromatic heterocycles. The van der Waals surface area contributed by atoms with Gasteiger partial charge in [0, 0.05) is 24.7 Å². The molecule has 0 aliphatic heterocycles. The van der Waals surface area contributed by atoms with Crippen molar-refractivity contribution in [1.29, 1.82) is 0 Å². The molecule has 0 bridgehead atoms. The Labute approximate surface area is 84.7 Å². The maximum absolute atomic E-state index is 12.4.